The van der Waals surface area contributed by atoms with E-state index in [1.165, 1.54) is 11.1 Å². The average Bonchev–Trinajstić information content (AvgIpc) is 2.73. The molecule has 0 saturated carbocycles. The smallest absolute Gasteiger partial charge is 0.223 e. The maximum Gasteiger partial charge on any atom is 0.223 e. The Kier molecular flexibility index (Phi) is 4.33. The molecule has 0 aliphatic heterocycles. The van der Waals surface area contributed by atoms with Gasteiger partial charge in [0.25, 0.3) is 0 Å². The molecule has 0 fully saturated rings. The molecule has 0 bridgehead atoms. The van der Waals surface area contributed by atoms with E-state index in [0.29, 0.717) is 5.89 Å². The first kappa shape index (κ1) is 13.1. The second kappa shape index (κ2) is 5.98. The molecule has 0 spiro atoms. The van der Waals surface area contributed by atoms with E-state index in [2.05, 4.69) is 22.4 Å². The van der Waals surface area contributed by atoms with Crippen LogP contribution in [0.3, 0.4) is 0 Å². The lowest BCUT2D eigenvalue weighted by Crippen LogP contribution is -2.17. The number of hydrogen-bond acceptors (Lipinski definition) is 4. The molecule has 0 atom stereocenters. The van der Waals surface area contributed by atoms with Gasteiger partial charge in [-0.2, -0.15) is 4.98 Å². The van der Waals surface area contributed by atoms with E-state index >= 15 is 0 Å². The summed E-state index contributed by atoms with van der Waals surface area (Å²) in [7, 11) is 0. The molecule has 0 unspecified atom stereocenters. The first-order chi connectivity index (χ1) is 8.65. The molecule has 0 aliphatic carbocycles. The van der Waals surface area contributed by atoms with E-state index < -0.39 is 0 Å². The van der Waals surface area contributed by atoms with Crippen molar-refractivity contribution in [3.8, 4) is 0 Å². The second-order valence-corrected chi connectivity index (χ2v) is 4.66. The lowest BCUT2D eigenvalue weighted by molar-refractivity contribution is 0.387. The first-order valence-electron chi connectivity index (χ1n) is 5.90. The zero-order valence-corrected chi connectivity index (χ0v) is 11.3. The van der Waals surface area contributed by atoms with Crippen molar-refractivity contribution in [2.75, 3.05) is 6.54 Å². The number of aromatic nitrogens is 2. The molecule has 4 nitrogen and oxygen atoms in total. The Morgan fingerprint density at radius 2 is 2.17 bits per heavy atom. The lowest BCUT2D eigenvalue weighted by Gasteiger charge is -2.07. The lowest BCUT2D eigenvalue weighted by atomic mass is 10.1. The minimum Gasteiger partial charge on any atom is -0.340 e. The largest absolute Gasteiger partial charge is 0.340 e. The van der Waals surface area contributed by atoms with Gasteiger partial charge in [-0.25, -0.2) is 0 Å². The van der Waals surface area contributed by atoms with Gasteiger partial charge >= 0.3 is 0 Å². The summed E-state index contributed by atoms with van der Waals surface area (Å²) in [5.41, 5.74) is 2.45. The van der Waals surface area contributed by atoms with Crippen LogP contribution in [-0.2, 0) is 13.0 Å². The molecule has 2 aromatic rings. The summed E-state index contributed by atoms with van der Waals surface area (Å²) in [6, 6.07) is 5.93. The van der Waals surface area contributed by atoms with Crippen LogP contribution in [0.4, 0.5) is 0 Å². The highest BCUT2D eigenvalue weighted by atomic mass is 35.5. The fourth-order valence-electron chi connectivity index (χ4n) is 1.72. The molecule has 5 heteroatoms. The molecule has 0 radical (unpaired) electrons. The van der Waals surface area contributed by atoms with Gasteiger partial charge in [0.05, 0.1) is 0 Å². The van der Waals surface area contributed by atoms with Gasteiger partial charge in [0.1, 0.15) is 0 Å². The molecule has 1 heterocycles. The van der Waals surface area contributed by atoms with Gasteiger partial charge in [-0.15, -0.1) is 0 Å². The first-order valence-corrected chi connectivity index (χ1v) is 6.28. The maximum atomic E-state index is 5.91. The highest BCUT2D eigenvalue weighted by Crippen LogP contribution is 2.14. The number of aryl methyl sites for hydroxylation is 2. The van der Waals surface area contributed by atoms with Crippen LogP contribution >= 0.6 is 11.6 Å². The summed E-state index contributed by atoms with van der Waals surface area (Å²) < 4.78 is 4.91. The van der Waals surface area contributed by atoms with E-state index in [1.807, 2.05) is 18.2 Å². The van der Waals surface area contributed by atoms with Crippen LogP contribution in [0.1, 0.15) is 22.8 Å². The van der Waals surface area contributed by atoms with Crippen molar-refractivity contribution in [3.05, 3.63) is 46.1 Å². The molecule has 0 amide bonds. The Bertz CT molecular complexity index is 525. The third-order valence-corrected chi connectivity index (χ3v) is 2.95. The zero-order chi connectivity index (χ0) is 13.0. The van der Waals surface area contributed by atoms with Crippen molar-refractivity contribution in [2.24, 2.45) is 0 Å². The second-order valence-electron chi connectivity index (χ2n) is 4.23. The van der Waals surface area contributed by atoms with Crippen LogP contribution in [0.2, 0.25) is 5.02 Å². The Morgan fingerprint density at radius 1 is 1.33 bits per heavy atom. The standard InChI is InChI=1S/C13H16ClN3O/c1-9-7-12(14)4-3-11(9)8-15-6-5-13-16-10(2)18-17-13/h3-4,7,15H,5-6,8H2,1-2H3. The number of rotatable bonds is 5. The Balaban J connectivity index is 1.78. The molecule has 18 heavy (non-hydrogen) atoms. The summed E-state index contributed by atoms with van der Waals surface area (Å²) in [6.07, 6.45) is 0.768. The van der Waals surface area contributed by atoms with Gasteiger partial charge in [-0.05, 0) is 30.2 Å². The van der Waals surface area contributed by atoms with E-state index in [9.17, 15) is 0 Å². The molecule has 1 aromatic carbocycles. The monoisotopic (exact) mass is 265 g/mol. The summed E-state index contributed by atoms with van der Waals surface area (Å²) in [6.45, 7) is 5.49. The number of nitrogens with one attached hydrogen (secondary N) is 1. The number of halogens is 1. The molecule has 1 N–H and O–H groups in total. The quantitative estimate of drug-likeness (QED) is 0.845. The van der Waals surface area contributed by atoms with Gasteiger partial charge < -0.3 is 9.84 Å². The van der Waals surface area contributed by atoms with Crippen molar-refractivity contribution in [1.82, 2.24) is 15.5 Å². The van der Waals surface area contributed by atoms with Gasteiger partial charge in [0, 0.05) is 31.5 Å². The summed E-state index contributed by atoms with van der Waals surface area (Å²) in [5, 5.41) is 7.98. The number of hydrogen-bond donors (Lipinski definition) is 1. The Hall–Kier alpha value is -1.39. The predicted octanol–water partition coefficient (Wildman–Crippen LogP) is 2.67. The van der Waals surface area contributed by atoms with Crippen LogP contribution in [0.15, 0.2) is 22.7 Å². The molecule has 1 aromatic heterocycles. The summed E-state index contributed by atoms with van der Waals surface area (Å²) in [4.78, 5) is 4.15. The maximum absolute atomic E-state index is 5.91. The molecule has 2 rings (SSSR count). The summed E-state index contributed by atoms with van der Waals surface area (Å²) in [5.74, 6) is 1.35. The normalized spacial score (nSPS) is 10.8. The highest BCUT2D eigenvalue weighted by Gasteiger charge is 2.02. The van der Waals surface area contributed by atoms with Crippen LogP contribution in [-0.4, -0.2) is 16.7 Å². The number of benzene rings is 1. The van der Waals surface area contributed by atoms with Crippen molar-refractivity contribution in [1.29, 1.82) is 0 Å². The minimum absolute atomic E-state index is 0.610. The van der Waals surface area contributed by atoms with Crippen LogP contribution in [0, 0.1) is 13.8 Å². The number of nitrogens with zero attached hydrogens (tertiary/aromatic N) is 2. The van der Waals surface area contributed by atoms with Crippen molar-refractivity contribution >= 4 is 11.6 Å². The van der Waals surface area contributed by atoms with Gasteiger partial charge in [-0.1, -0.05) is 22.8 Å². The molecular formula is C13H16ClN3O. The fourth-order valence-corrected chi connectivity index (χ4v) is 1.95. The zero-order valence-electron chi connectivity index (χ0n) is 10.5. The summed E-state index contributed by atoms with van der Waals surface area (Å²) >= 11 is 5.91. The third kappa shape index (κ3) is 3.55. The molecule has 0 aliphatic rings. The van der Waals surface area contributed by atoms with E-state index in [0.717, 1.165) is 30.4 Å². The van der Waals surface area contributed by atoms with Crippen LogP contribution in [0.25, 0.3) is 0 Å². The predicted molar refractivity (Wildman–Crippen MR) is 70.6 cm³/mol. The SMILES string of the molecule is Cc1nc(CCNCc2ccc(Cl)cc2C)no1. The van der Waals surface area contributed by atoms with Gasteiger partial charge in [-0.3, -0.25) is 0 Å². The molecular weight excluding hydrogens is 250 g/mol. The van der Waals surface area contributed by atoms with Crippen molar-refractivity contribution in [2.45, 2.75) is 26.8 Å². The van der Waals surface area contributed by atoms with E-state index in [1.54, 1.807) is 6.92 Å². The van der Waals surface area contributed by atoms with Gasteiger partial charge in [0.2, 0.25) is 5.89 Å². The van der Waals surface area contributed by atoms with Gasteiger partial charge in [0.15, 0.2) is 5.82 Å². The average molecular weight is 266 g/mol. The fraction of sp³-hybridized carbons (Fsp3) is 0.385. The van der Waals surface area contributed by atoms with Crippen molar-refractivity contribution in [3.63, 3.8) is 0 Å². The van der Waals surface area contributed by atoms with E-state index in [-0.39, 0.29) is 0 Å². The topological polar surface area (TPSA) is 51.0 Å². The molecule has 96 valence electrons. The Labute approximate surface area is 111 Å². The Morgan fingerprint density at radius 3 is 2.83 bits per heavy atom. The third-order valence-electron chi connectivity index (χ3n) is 2.72. The molecule has 0 saturated heterocycles. The van der Waals surface area contributed by atoms with E-state index in [4.69, 9.17) is 16.1 Å². The highest BCUT2D eigenvalue weighted by molar-refractivity contribution is 6.30. The van der Waals surface area contributed by atoms with Crippen LogP contribution in [0.5, 0.6) is 0 Å². The van der Waals surface area contributed by atoms with Crippen molar-refractivity contribution < 1.29 is 4.52 Å². The van der Waals surface area contributed by atoms with Crippen LogP contribution < -0.4 is 5.32 Å². The minimum atomic E-state index is 0.610.